The van der Waals surface area contributed by atoms with Crippen molar-refractivity contribution in [2.75, 3.05) is 5.73 Å². The van der Waals surface area contributed by atoms with Crippen LogP contribution in [-0.4, -0.2) is 5.91 Å². The molecule has 5 heteroatoms. The molecule has 1 amide bonds. The molecule has 0 heterocycles. The van der Waals surface area contributed by atoms with Gasteiger partial charge in [-0.3, -0.25) is 4.79 Å². The number of nitrogens with one attached hydrogen (secondary N) is 1. The Hall–Kier alpha value is -2.07. The van der Waals surface area contributed by atoms with Crippen LogP contribution >= 0.6 is 11.6 Å². The number of hydrogen-bond donors (Lipinski definition) is 2. The third-order valence-electron chi connectivity index (χ3n) is 2.66. The molecule has 0 atom stereocenters. The summed E-state index contributed by atoms with van der Waals surface area (Å²) in [5, 5.41) is 3.08. The summed E-state index contributed by atoms with van der Waals surface area (Å²) in [5.41, 5.74) is 6.73. The molecule has 2 rings (SSSR count). The highest BCUT2D eigenvalue weighted by Crippen LogP contribution is 2.18. The maximum atomic E-state index is 13.4. The van der Waals surface area contributed by atoms with Crippen molar-refractivity contribution in [1.82, 2.24) is 5.32 Å². The van der Waals surface area contributed by atoms with Gasteiger partial charge in [-0.1, -0.05) is 29.8 Å². The van der Waals surface area contributed by atoms with Gasteiger partial charge in [0.2, 0.25) is 0 Å². The number of amides is 1. The van der Waals surface area contributed by atoms with Crippen molar-refractivity contribution in [2.45, 2.75) is 6.54 Å². The fraction of sp³-hybridized carbons (Fsp3) is 0.0714. The van der Waals surface area contributed by atoms with Gasteiger partial charge in [-0.15, -0.1) is 0 Å². The molecular weight excluding hydrogens is 267 g/mol. The van der Waals surface area contributed by atoms with E-state index in [9.17, 15) is 9.18 Å². The molecule has 0 aliphatic rings. The number of carbonyl (C=O) groups is 1. The molecule has 0 bridgehead atoms. The largest absolute Gasteiger partial charge is 0.398 e. The van der Waals surface area contributed by atoms with Crippen LogP contribution in [0.2, 0.25) is 5.02 Å². The summed E-state index contributed by atoms with van der Waals surface area (Å²) in [5.74, 6) is -0.718. The predicted molar refractivity (Wildman–Crippen MR) is 73.4 cm³/mol. The molecule has 0 unspecified atom stereocenters. The minimum Gasteiger partial charge on any atom is -0.398 e. The minimum absolute atomic E-state index is 0.105. The van der Waals surface area contributed by atoms with E-state index in [-0.39, 0.29) is 18.3 Å². The van der Waals surface area contributed by atoms with Crippen molar-refractivity contribution in [1.29, 1.82) is 0 Å². The smallest absolute Gasteiger partial charge is 0.253 e. The molecule has 2 aromatic carbocycles. The molecule has 3 nitrogen and oxygen atoms in total. The van der Waals surface area contributed by atoms with Crippen LogP contribution in [0.5, 0.6) is 0 Å². The Morgan fingerprint density at radius 1 is 1.26 bits per heavy atom. The Labute approximate surface area is 115 Å². The lowest BCUT2D eigenvalue weighted by Gasteiger charge is -2.08. The Morgan fingerprint density at radius 3 is 2.68 bits per heavy atom. The van der Waals surface area contributed by atoms with Crippen LogP contribution < -0.4 is 11.1 Å². The van der Waals surface area contributed by atoms with Gasteiger partial charge in [0.1, 0.15) is 5.82 Å². The van der Waals surface area contributed by atoms with Gasteiger partial charge in [0, 0.05) is 22.8 Å². The zero-order chi connectivity index (χ0) is 13.8. The van der Waals surface area contributed by atoms with Crippen molar-refractivity contribution in [3.05, 3.63) is 64.4 Å². The SMILES string of the molecule is Nc1cc(Cl)ccc1C(=O)NCc1ccccc1F. The van der Waals surface area contributed by atoms with E-state index in [4.69, 9.17) is 17.3 Å². The Kier molecular flexibility index (Phi) is 4.02. The van der Waals surface area contributed by atoms with E-state index in [0.29, 0.717) is 21.8 Å². The lowest BCUT2D eigenvalue weighted by molar-refractivity contribution is 0.0951. The molecule has 3 N–H and O–H groups in total. The third kappa shape index (κ3) is 3.23. The topological polar surface area (TPSA) is 55.1 Å². The zero-order valence-electron chi connectivity index (χ0n) is 9.99. The molecule has 19 heavy (non-hydrogen) atoms. The second-order valence-electron chi connectivity index (χ2n) is 4.01. The monoisotopic (exact) mass is 278 g/mol. The van der Waals surface area contributed by atoms with Crippen molar-refractivity contribution >= 4 is 23.2 Å². The zero-order valence-corrected chi connectivity index (χ0v) is 10.7. The molecule has 0 saturated carbocycles. The van der Waals surface area contributed by atoms with Crippen LogP contribution in [0.4, 0.5) is 10.1 Å². The number of anilines is 1. The van der Waals surface area contributed by atoms with E-state index in [2.05, 4.69) is 5.32 Å². The summed E-state index contributed by atoms with van der Waals surface area (Å²) < 4.78 is 13.4. The third-order valence-corrected chi connectivity index (χ3v) is 2.89. The van der Waals surface area contributed by atoms with Gasteiger partial charge in [0.25, 0.3) is 5.91 Å². The standard InChI is InChI=1S/C14H12ClFN2O/c15-10-5-6-11(13(17)7-10)14(19)18-8-9-3-1-2-4-12(9)16/h1-7H,8,17H2,(H,18,19). The predicted octanol–water partition coefficient (Wildman–Crippen LogP) is 2.99. The normalized spacial score (nSPS) is 10.2. The highest BCUT2D eigenvalue weighted by atomic mass is 35.5. The average molecular weight is 279 g/mol. The molecule has 0 aliphatic heterocycles. The Morgan fingerprint density at radius 2 is 2.00 bits per heavy atom. The second-order valence-corrected chi connectivity index (χ2v) is 4.44. The molecule has 0 radical (unpaired) electrons. The fourth-order valence-corrected chi connectivity index (χ4v) is 1.83. The Balaban J connectivity index is 2.08. The van der Waals surface area contributed by atoms with E-state index < -0.39 is 0 Å². The van der Waals surface area contributed by atoms with E-state index in [1.165, 1.54) is 18.2 Å². The van der Waals surface area contributed by atoms with Crippen molar-refractivity contribution < 1.29 is 9.18 Å². The number of benzene rings is 2. The fourth-order valence-electron chi connectivity index (χ4n) is 1.65. The summed E-state index contributed by atoms with van der Waals surface area (Å²) >= 11 is 5.75. The molecule has 2 aromatic rings. The lowest BCUT2D eigenvalue weighted by Crippen LogP contribution is -2.24. The quantitative estimate of drug-likeness (QED) is 0.848. The number of rotatable bonds is 3. The molecule has 0 saturated heterocycles. The van der Waals surface area contributed by atoms with Crippen LogP contribution in [-0.2, 0) is 6.54 Å². The molecule has 0 fully saturated rings. The van der Waals surface area contributed by atoms with Crippen LogP contribution in [0.1, 0.15) is 15.9 Å². The first-order valence-corrected chi connectivity index (χ1v) is 6.02. The maximum Gasteiger partial charge on any atom is 0.253 e. The van der Waals surface area contributed by atoms with Gasteiger partial charge in [-0.05, 0) is 24.3 Å². The average Bonchev–Trinajstić information content (AvgIpc) is 2.37. The summed E-state index contributed by atoms with van der Waals surface area (Å²) in [6.07, 6.45) is 0. The second kappa shape index (κ2) is 5.71. The first-order valence-electron chi connectivity index (χ1n) is 5.64. The van der Waals surface area contributed by atoms with Gasteiger partial charge < -0.3 is 11.1 Å². The number of carbonyl (C=O) groups excluding carboxylic acids is 1. The molecule has 0 aromatic heterocycles. The molecule has 0 aliphatic carbocycles. The van der Waals surface area contributed by atoms with Gasteiger partial charge in [0.05, 0.1) is 5.56 Å². The minimum atomic E-state index is -0.364. The van der Waals surface area contributed by atoms with Crippen LogP contribution in [0.3, 0.4) is 0 Å². The molecule has 98 valence electrons. The van der Waals surface area contributed by atoms with Crippen molar-refractivity contribution in [2.24, 2.45) is 0 Å². The summed E-state index contributed by atoms with van der Waals surface area (Å²) in [6.45, 7) is 0.105. The van der Waals surface area contributed by atoms with Crippen molar-refractivity contribution in [3.63, 3.8) is 0 Å². The van der Waals surface area contributed by atoms with Gasteiger partial charge >= 0.3 is 0 Å². The van der Waals surface area contributed by atoms with Crippen LogP contribution in [0.25, 0.3) is 0 Å². The lowest BCUT2D eigenvalue weighted by atomic mass is 10.1. The molecule has 0 spiro atoms. The summed E-state index contributed by atoms with van der Waals surface area (Å²) in [7, 11) is 0. The number of halogens is 2. The maximum absolute atomic E-state index is 13.4. The Bertz CT molecular complexity index is 616. The number of nitrogens with two attached hydrogens (primary N) is 1. The van der Waals surface area contributed by atoms with Crippen molar-refractivity contribution in [3.8, 4) is 0 Å². The number of hydrogen-bond acceptors (Lipinski definition) is 2. The summed E-state index contributed by atoms with van der Waals surface area (Å²) in [4.78, 5) is 11.9. The van der Waals surface area contributed by atoms with E-state index in [1.807, 2.05) is 0 Å². The highest BCUT2D eigenvalue weighted by molar-refractivity contribution is 6.31. The van der Waals surface area contributed by atoms with E-state index >= 15 is 0 Å². The van der Waals surface area contributed by atoms with Crippen LogP contribution in [0.15, 0.2) is 42.5 Å². The van der Waals surface area contributed by atoms with E-state index in [1.54, 1.807) is 24.3 Å². The first-order chi connectivity index (χ1) is 9.08. The van der Waals surface area contributed by atoms with Gasteiger partial charge in [-0.25, -0.2) is 4.39 Å². The first kappa shape index (κ1) is 13.4. The van der Waals surface area contributed by atoms with Gasteiger partial charge in [-0.2, -0.15) is 0 Å². The highest BCUT2D eigenvalue weighted by Gasteiger charge is 2.10. The number of nitrogen functional groups attached to an aromatic ring is 1. The van der Waals surface area contributed by atoms with Gasteiger partial charge in [0.15, 0.2) is 0 Å². The molecular formula is C14H12ClFN2O. The van der Waals surface area contributed by atoms with Crippen LogP contribution in [0, 0.1) is 5.82 Å². The summed E-state index contributed by atoms with van der Waals surface area (Å²) in [6, 6.07) is 10.9. The van der Waals surface area contributed by atoms with E-state index in [0.717, 1.165) is 0 Å².